The number of aliphatic hydroxyl groups excluding tert-OH is 1. The van der Waals surface area contributed by atoms with Crippen molar-refractivity contribution in [1.82, 2.24) is 0 Å². The highest BCUT2D eigenvalue weighted by Gasteiger charge is 2.15. The minimum atomic E-state index is -0.240. The maximum Gasteiger partial charge on any atom is 0.118 e. The van der Waals surface area contributed by atoms with Gasteiger partial charge < -0.3 is 9.84 Å². The average molecular weight is 218 g/mol. The van der Waals surface area contributed by atoms with Gasteiger partial charge in [0.25, 0.3) is 0 Å². The zero-order chi connectivity index (χ0) is 11.4. The molecule has 0 spiro atoms. The minimum absolute atomic E-state index is 0.240. The van der Waals surface area contributed by atoms with Gasteiger partial charge in [-0.1, -0.05) is 24.6 Å². The molecule has 1 aliphatic carbocycles. The van der Waals surface area contributed by atoms with E-state index < -0.39 is 0 Å². The van der Waals surface area contributed by atoms with Crippen molar-refractivity contribution in [2.24, 2.45) is 0 Å². The molecule has 2 nitrogen and oxygen atoms in total. The molecule has 1 N–H and O–H groups in total. The second kappa shape index (κ2) is 5.17. The normalized spacial score (nSPS) is 23.4. The van der Waals surface area contributed by atoms with Crippen molar-refractivity contribution < 1.29 is 9.84 Å². The fourth-order valence-electron chi connectivity index (χ4n) is 2.10. The number of hydrogen-bond donors (Lipinski definition) is 1. The van der Waals surface area contributed by atoms with E-state index in [0.717, 1.165) is 36.1 Å². The van der Waals surface area contributed by atoms with Crippen molar-refractivity contribution in [3.8, 4) is 5.75 Å². The van der Waals surface area contributed by atoms with E-state index in [-0.39, 0.29) is 6.10 Å². The molecular formula is C14H18O2. The Morgan fingerprint density at radius 2 is 2.00 bits per heavy atom. The van der Waals surface area contributed by atoms with E-state index in [0.29, 0.717) is 0 Å². The molecule has 1 aromatic carbocycles. The summed E-state index contributed by atoms with van der Waals surface area (Å²) in [7, 11) is 1.67. The lowest BCUT2D eigenvalue weighted by atomic mass is 9.91. The zero-order valence-electron chi connectivity index (χ0n) is 9.65. The van der Waals surface area contributed by atoms with Gasteiger partial charge in [0, 0.05) is 0 Å². The SMILES string of the molecule is COc1ccc(C=C2CCCCC2O)cc1. The average Bonchev–Trinajstić information content (AvgIpc) is 2.33. The first-order valence-electron chi connectivity index (χ1n) is 5.82. The Labute approximate surface area is 96.6 Å². The number of hydrogen-bond acceptors (Lipinski definition) is 2. The van der Waals surface area contributed by atoms with Crippen LogP contribution in [0.2, 0.25) is 0 Å². The van der Waals surface area contributed by atoms with Gasteiger partial charge in [-0.15, -0.1) is 0 Å². The summed E-state index contributed by atoms with van der Waals surface area (Å²) < 4.78 is 5.11. The monoisotopic (exact) mass is 218 g/mol. The van der Waals surface area contributed by atoms with Crippen LogP contribution in [-0.4, -0.2) is 18.3 Å². The molecule has 0 heterocycles. The molecule has 2 heteroatoms. The highest BCUT2D eigenvalue weighted by atomic mass is 16.5. The van der Waals surface area contributed by atoms with E-state index in [9.17, 15) is 5.11 Å². The van der Waals surface area contributed by atoms with Crippen molar-refractivity contribution in [3.05, 3.63) is 35.4 Å². The van der Waals surface area contributed by atoms with Gasteiger partial charge in [0.2, 0.25) is 0 Å². The molecule has 1 atom stereocenters. The van der Waals surface area contributed by atoms with Crippen LogP contribution in [0, 0.1) is 0 Å². The molecule has 1 aromatic rings. The van der Waals surface area contributed by atoms with Gasteiger partial charge in [-0.25, -0.2) is 0 Å². The molecule has 0 saturated heterocycles. The summed E-state index contributed by atoms with van der Waals surface area (Å²) in [6, 6.07) is 7.93. The number of benzene rings is 1. The zero-order valence-corrected chi connectivity index (χ0v) is 9.65. The van der Waals surface area contributed by atoms with Crippen LogP contribution in [0.4, 0.5) is 0 Å². The topological polar surface area (TPSA) is 29.5 Å². The van der Waals surface area contributed by atoms with Crippen molar-refractivity contribution >= 4 is 6.08 Å². The van der Waals surface area contributed by atoms with Gasteiger partial charge in [-0.2, -0.15) is 0 Å². The molecule has 86 valence electrons. The minimum Gasteiger partial charge on any atom is -0.497 e. The second-order valence-electron chi connectivity index (χ2n) is 4.25. The Bertz CT molecular complexity index is 365. The molecule has 1 aliphatic rings. The van der Waals surface area contributed by atoms with Gasteiger partial charge >= 0.3 is 0 Å². The smallest absolute Gasteiger partial charge is 0.118 e. The molecule has 0 aromatic heterocycles. The molecule has 2 rings (SSSR count). The van der Waals surface area contributed by atoms with Gasteiger partial charge in [-0.3, -0.25) is 0 Å². The third-order valence-electron chi connectivity index (χ3n) is 3.09. The largest absolute Gasteiger partial charge is 0.497 e. The Balaban J connectivity index is 2.14. The van der Waals surface area contributed by atoms with Gasteiger partial charge in [0.15, 0.2) is 0 Å². The van der Waals surface area contributed by atoms with E-state index >= 15 is 0 Å². The van der Waals surface area contributed by atoms with Crippen LogP contribution in [0.25, 0.3) is 6.08 Å². The predicted octanol–water partition coefficient (Wildman–Crippen LogP) is 3.01. The Hall–Kier alpha value is -1.28. The predicted molar refractivity (Wildman–Crippen MR) is 65.4 cm³/mol. The molecular weight excluding hydrogens is 200 g/mol. The maximum absolute atomic E-state index is 9.84. The summed E-state index contributed by atoms with van der Waals surface area (Å²) in [6.07, 6.45) is 6.12. The third-order valence-corrected chi connectivity index (χ3v) is 3.09. The van der Waals surface area contributed by atoms with Crippen molar-refractivity contribution in [1.29, 1.82) is 0 Å². The first-order chi connectivity index (χ1) is 7.79. The fraction of sp³-hybridized carbons (Fsp3) is 0.429. The van der Waals surface area contributed by atoms with Crippen LogP contribution in [0.15, 0.2) is 29.8 Å². The molecule has 1 fully saturated rings. The summed E-state index contributed by atoms with van der Waals surface area (Å²) in [4.78, 5) is 0. The molecule has 1 unspecified atom stereocenters. The quantitative estimate of drug-likeness (QED) is 0.826. The van der Waals surface area contributed by atoms with Crippen molar-refractivity contribution in [2.45, 2.75) is 31.8 Å². The number of ether oxygens (including phenoxy) is 1. The number of methoxy groups -OCH3 is 1. The highest BCUT2D eigenvalue weighted by Crippen LogP contribution is 2.26. The van der Waals surface area contributed by atoms with Gasteiger partial charge in [0.05, 0.1) is 13.2 Å². The molecule has 16 heavy (non-hydrogen) atoms. The van der Waals surface area contributed by atoms with Gasteiger partial charge in [0.1, 0.15) is 5.75 Å². The Kier molecular flexibility index (Phi) is 3.62. The molecule has 0 aliphatic heterocycles. The summed E-state index contributed by atoms with van der Waals surface area (Å²) >= 11 is 0. The number of rotatable bonds is 2. The van der Waals surface area contributed by atoms with E-state index in [4.69, 9.17) is 4.74 Å². The summed E-state index contributed by atoms with van der Waals surface area (Å²) in [6.45, 7) is 0. The van der Waals surface area contributed by atoms with Crippen LogP contribution < -0.4 is 4.74 Å². The lowest BCUT2D eigenvalue weighted by molar-refractivity contribution is 0.180. The molecule has 0 amide bonds. The van der Waals surface area contributed by atoms with E-state index in [1.165, 1.54) is 6.42 Å². The van der Waals surface area contributed by atoms with Crippen LogP contribution >= 0.6 is 0 Å². The van der Waals surface area contributed by atoms with Gasteiger partial charge in [-0.05, 0) is 42.5 Å². The summed E-state index contributed by atoms with van der Waals surface area (Å²) in [5.74, 6) is 0.867. The first kappa shape index (κ1) is 11.2. The molecule has 1 saturated carbocycles. The molecule has 0 bridgehead atoms. The molecule has 0 radical (unpaired) electrons. The Morgan fingerprint density at radius 1 is 1.25 bits per heavy atom. The van der Waals surface area contributed by atoms with E-state index in [1.54, 1.807) is 7.11 Å². The third kappa shape index (κ3) is 2.64. The van der Waals surface area contributed by atoms with Crippen molar-refractivity contribution in [2.75, 3.05) is 7.11 Å². The second-order valence-corrected chi connectivity index (χ2v) is 4.25. The summed E-state index contributed by atoms with van der Waals surface area (Å²) in [5.41, 5.74) is 2.30. The van der Waals surface area contributed by atoms with Crippen molar-refractivity contribution in [3.63, 3.8) is 0 Å². The summed E-state index contributed by atoms with van der Waals surface area (Å²) in [5, 5.41) is 9.84. The number of aliphatic hydroxyl groups is 1. The maximum atomic E-state index is 9.84. The fourth-order valence-corrected chi connectivity index (χ4v) is 2.10. The highest BCUT2D eigenvalue weighted by molar-refractivity contribution is 5.55. The lowest BCUT2D eigenvalue weighted by Gasteiger charge is -2.20. The first-order valence-corrected chi connectivity index (χ1v) is 5.82. The van der Waals surface area contributed by atoms with Crippen LogP contribution in [0.1, 0.15) is 31.2 Å². The van der Waals surface area contributed by atoms with E-state index in [1.807, 2.05) is 24.3 Å². The van der Waals surface area contributed by atoms with Crippen LogP contribution in [0.5, 0.6) is 5.75 Å². The van der Waals surface area contributed by atoms with Crippen LogP contribution in [0.3, 0.4) is 0 Å². The standard InChI is InChI=1S/C14H18O2/c1-16-13-8-6-11(7-9-13)10-12-4-2-3-5-14(12)15/h6-10,14-15H,2-5H2,1H3. The lowest BCUT2D eigenvalue weighted by Crippen LogP contribution is -2.14. The Morgan fingerprint density at radius 3 is 2.62 bits per heavy atom. The van der Waals surface area contributed by atoms with Crippen LogP contribution in [-0.2, 0) is 0 Å². The van der Waals surface area contributed by atoms with E-state index in [2.05, 4.69) is 6.08 Å².